The van der Waals surface area contributed by atoms with Gasteiger partial charge in [0.25, 0.3) is 0 Å². The normalized spacial score (nSPS) is 34.3. The van der Waals surface area contributed by atoms with Crippen molar-refractivity contribution in [1.29, 1.82) is 0 Å². The van der Waals surface area contributed by atoms with Crippen LogP contribution in [-0.4, -0.2) is 72.6 Å². The number of fused-ring (bicyclic) bond motifs is 1. The Bertz CT molecular complexity index is 1070. The van der Waals surface area contributed by atoms with Crippen molar-refractivity contribution >= 4 is 23.4 Å². The van der Waals surface area contributed by atoms with Gasteiger partial charge in [-0.2, -0.15) is 5.01 Å². The van der Waals surface area contributed by atoms with Crippen LogP contribution in [-0.2, 0) is 14.4 Å². The van der Waals surface area contributed by atoms with E-state index in [1.165, 1.54) is 6.92 Å². The number of hydrogen-bond acceptors (Lipinski definition) is 5. The Morgan fingerprint density at radius 1 is 1.18 bits per heavy atom. The van der Waals surface area contributed by atoms with Crippen LogP contribution in [0.15, 0.2) is 24.3 Å². The summed E-state index contributed by atoms with van der Waals surface area (Å²) in [4.78, 5) is 38.6. The molecule has 9 nitrogen and oxygen atoms in total. The first-order chi connectivity index (χ1) is 18.3. The Morgan fingerprint density at radius 3 is 2.41 bits per heavy atom. The summed E-state index contributed by atoms with van der Waals surface area (Å²) in [7, 11) is 4.55. The van der Waals surface area contributed by atoms with Crippen molar-refractivity contribution in [3.05, 3.63) is 29.8 Å². The van der Waals surface area contributed by atoms with Crippen molar-refractivity contribution < 1.29 is 18.9 Å². The molecule has 7 atom stereocenters. The van der Waals surface area contributed by atoms with Gasteiger partial charge in [-0.3, -0.25) is 14.4 Å². The van der Waals surface area contributed by atoms with Crippen molar-refractivity contribution in [2.75, 3.05) is 32.5 Å². The number of carbonyl (C=O) groups excluding carboxylic acids is 3. The molecule has 0 saturated carbocycles. The number of hydrogen-bond donors (Lipinski definition) is 4. The number of piperidine rings is 2. The van der Waals surface area contributed by atoms with Gasteiger partial charge in [-0.1, -0.05) is 26.0 Å². The fraction of sp³-hybridized carbons (Fsp3) is 0.700. The van der Waals surface area contributed by atoms with E-state index in [-0.39, 0.29) is 59.8 Å². The van der Waals surface area contributed by atoms with Crippen molar-refractivity contribution in [1.82, 2.24) is 21.1 Å². The minimum atomic E-state index is -0.586. The molecule has 0 bridgehead atoms. The van der Waals surface area contributed by atoms with E-state index in [4.69, 9.17) is 0 Å². The molecule has 0 radical (unpaired) electrons. The molecule has 3 fully saturated rings. The third-order valence-corrected chi connectivity index (χ3v) is 9.77. The molecule has 0 aromatic heterocycles. The van der Waals surface area contributed by atoms with Gasteiger partial charge in [-0.25, -0.2) is 5.43 Å². The van der Waals surface area contributed by atoms with Gasteiger partial charge in [0.2, 0.25) is 17.7 Å². The predicted octanol–water partition coefficient (Wildman–Crippen LogP) is 3.01. The molecule has 1 aromatic rings. The number of likely N-dealkylation sites (tertiary alicyclic amines) is 1. The van der Waals surface area contributed by atoms with E-state index in [1.54, 1.807) is 0 Å². The lowest BCUT2D eigenvalue weighted by Crippen LogP contribution is -2.69. The number of rotatable bonds is 7. The van der Waals surface area contributed by atoms with Gasteiger partial charge in [0.05, 0.1) is 31.3 Å². The maximum Gasteiger partial charge on any atom is 0.227 e. The summed E-state index contributed by atoms with van der Waals surface area (Å²) in [5, 5.41) is 11.5. The fourth-order valence-corrected chi connectivity index (χ4v) is 7.65. The molecule has 9 heteroatoms. The molecule has 1 aromatic carbocycles. The zero-order chi connectivity index (χ0) is 28.7. The molecule has 4 N–H and O–H groups in total. The Morgan fingerprint density at radius 2 is 1.85 bits per heavy atom. The third-order valence-electron chi connectivity index (χ3n) is 9.77. The van der Waals surface area contributed by atoms with Crippen LogP contribution in [0.5, 0.6) is 0 Å². The van der Waals surface area contributed by atoms with Gasteiger partial charge < -0.3 is 20.4 Å². The average molecular weight is 542 g/mol. The van der Waals surface area contributed by atoms with E-state index in [2.05, 4.69) is 80.3 Å². The van der Waals surface area contributed by atoms with Crippen LogP contribution < -0.4 is 21.4 Å². The first-order valence-electron chi connectivity index (χ1n) is 14.6. The molecular weight excluding hydrogens is 492 g/mol. The molecule has 7 unspecified atom stereocenters. The number of amides is 3. The summed E-state index contributed by atoms with van der Waals surface area (Å²) < 4.78 is 0.727. The van der Waals surface area contributed by atoms with Crippen LogP contribution in [0.2, 0.25) is 0 Å². The lowest BCUT2D eigenvalue weighted by molar-refractivity contribution is -0.966. The zero-order valence-corrected chi connectivity index (χ0v) is 25.0. The van der Waals surface area contributed by atoms with E-state index >= 15 is 0 Å². The molecule has 4 rings (SSSR count). The Balaban J connectivity index is 1.67. The van der Waals surface area contributed by atoms with Crippen LogP contribution in [0.25, 0.3) is 0 Å². The number of nitrogens with zero attached hydrogens (tertiary/aromatic N) is 2. The van der Waals surface area contributed by atoms with Crippen molar-refractivity contribution in [2.24, 2.45) is 23.2 Å². The maximum atomic E-state index is 14.3. The lowest BCUT2D eigenvalue weighted by atomic mass is 9.62. The Kier molecular flexibility index (Phi) is 8.45. The van der Waals surface area contributed by atoms with E-state index in [1.807, 2.05) is 19.1 Å². The van der Waals surface area contributed by atoms with Gasteiger partial charge >= 0.3 is 0 Å². The van der Waals surface area contributed by atoms with Gasteiger partial charge in [0.1, 0.15) is 6.04 Å². The van der Waals surface area contributed by atoms with E-state index in [0.717, 1.165) is 35.1 Å². The zero-order valence-electron chi connectivity index (χ0n) is 25.0. The number of carbonyl (C=O) groups is 3. The standard InChI is InChI=1S/C30H48N6O3/c1-9-30(29(39)31-16-24-19(4)14-20(5)33-27(24)38)15-26(22-10-12-23(13-11-22)34-21(6)37)36(7,8)28-25(30)17-32-35(28)18(2)3/h10-13,18-20,24-26,28,32H,9,14-17H2,1-8H3,(H2-,31,33,34,37,38,39)/p+1. The second-order valence-electron chi connectivity index (χ2n) is 13.0. The summed E-state index contributed by atoms with van der Waals surface area (Å²) in [6, 6.07) is 8.59. The Labute approximate surface area is 234 Å². The molecule has 3 aliphatic rings. The van der Waals surface area contributed by atoms with Crippen LogP contribution in [0, 0.1) is 23.2 Å². The van der Waals surface area contributed by atoms with Crippen LogP contribution in [0.3, 0.4) is 0 Å². The molecule has 39 heavy (non-hydrogen) atoms. The highest BCUT2D eigenvalue weighted by Crippen LogP contribution is 2.55. The van der Waals surface area contributed by atoms with Crippen LogP contribution in [0.1, 0.15) is 72.4 Å². The van der Waals surface area contributed by atoms with Gasteiger partial charge in [0.15, 0.2) is 6.17 Å². The van der Waals surface area contributed by atoms with E-state index in [0.29, 0.717) is 13.0 Å². The van der Waals surface area contributed by atoms with Crippen molar-refractivity contribution in [3.63, 3.8) is 0 Å². The second-order valence-corrected chi connectivity index (χ2v) is 13.0. The monoisotopic (exact) mass is 541 g/mol. The number of hydrazine groups is 1. The summed E-state index contributed by atoms with van der Waals surface area (Å²) in [5.74, 6) is 0.133. The number of benzene rings is 1. The highest BCUT2D eigenvalue weighted by atomic mass is 16.2. The fourth-order valence-electron chi connectivity index (χ4n) is 7.65. The quantitative estimate of drug-likeness (QED) is 0.398. The first kappa shape index (κ1) is 29.5. The van der Waals surface area contributed by atoms with Gasteiger partial charge in [-0.15, -0.1) is 0 Å². The minimum absolute atomic E-state index is 0.0390. The van der Waals surface area contributed by atoms with Crippen molar-refractivity contribution in [2.45, 2.75) is 85.1 Å². The summed E-state index contributed by atoms with van der Waals surface area (Å²) in [6.45, 7) is 13.3. The maximum absolute atomic E-state index is 14.3. The highest BCUT2D eigenvalue weighted by molar-refractivity contribution is 5.88. The van der Waals surface area contributed by atoms with Crippen molar-refractivity contribution in [3.8, 4) is 0 Å². The van der Waals surface area contributed by atoms with Crippen LogP contribution >= 0.6 is 0 Å². The third kappa shape index (κ3) is 5.45. The molecule has 0 aliphatic carbocycles. The highest BCUT2D eigenvalue weighted by Gasteiger charge is 2.64. The number of nitrogens with one attached hydrogen (secondary N) is 4. The van der Waals surface area contributed by atoms with Crippen LogP contribution in [0.4, 0.5) is 5.69 Å². The lowest BCUT2D eigenvalue weighted by Gasteiger charge is -2.57. The van der Waals surface area contributed by atoms with Gasteiger partial charge in [0, 0.05) is 49.8 Å². The molecule has 3 amide bonds. The first-order valence-corrected chi connectivity index (χ1v) is 14.6. The summed E-state index contributed by atoms with van der Waals surface area (Å²) in [5.41, 5.74) is 4.99. The topological polar surface area (TPSA) is 103 Å². The number of anilines is 1. The SMILES string of the molecule is CCC1(C(=O)NCC2C(=O)NC(C)CC2C)CC(c2ccc(NC(C)=O)cc2)[N+](C)(C)C2C1CNN2C(C)C. The van der Waals surface area contributed by atoms with E-state index < -0.39 is 5.41 Å². The van der Waals surface area contributed by atoms with Gasteiger partial charge in [-0.05, 0) is 51.7 Å². The molecule has 216 valence electrons. The second kappa shape index (κ2) is 11.2. The number of quaternary nitrogens is 1. The average Bonchev–Trinajstić information content (AvgIpc) is 3.32. The summed E-state index contributed by atoms with van der Waals surface area (Å²) in [6.07, 6.45) is 2.45. The summed E-state index contributed by atoms with van der Waals surface area (Å²) >= 11 is 0. The smallest absolute Gasteiger partial charge is 0.227 e. The molecule has 3 heterocycles. The molecule has 3 aliphatic heterocycles. The largest absolute Gasteiger partial charge is 0.355 e. The Hall–Kier alpha value is -2.49. The predicted molar refractivity (Wildman–Crippen MR) is 153 cm³/mol. The molecule has 3 saturated heterocycles. The van der Waals surface area contributed by atoms with E-state index in [9.17, 15) is 14.4 Å². The molecular formula is C30H49N6O3+. The molecule has 0 spiro atoms. The minimum Gasteiger partial charge on any atom is -0.355 e.